The lowest BCUT2D eigenvalue weighted by Crippen LogP contribution is -2.04. The number of rotatable bonds is 4. The van der Waals surface area contributed by atoms with Crippen LogP contribution in [-0.4, -0.2) is 23.4 Å². The van der Waals surface area contributed by atoms with Gasteiger partial charge in [-0.2, -0.15) is 5.10 Å². The molecule has 0 unspecified atom stereocenters. The van der Waals surface area contributed by atoms with Gasteiger partial charge in [0.2, 0.25) is 0 Å². The van der Waals surface area contributed by atoms with Gasteiger partial charge in [-0.1, -0.05) is 12.1 Å². The monoisotopic (exact) mass is 245 g/mol. The van der Waals surface area contributed by atoms with Gasteiger partial charge in [0.25, 0.3) is 0 Å². The van der Waals surface area contributed by atoms with Crippen molar-refractivity contribution in [2.45, 2.75) is 13.3 Å². The summed E-state index contributed by atoms with van der Waals surface area (Å²) in [6, 6.07) is 7.99. The molecule has 1 aromatic carbocycles. The molecule has 0 aliphatic carbocycles. The second-order valence-corrected chi connectivity index (χ2v) is 4.28. The fraction of sp³-hybridized carbons (Fsp3) is 0.357. The molecule has 0 fully saturated rings. The molecule has 96 valence electrons. The Balaban J connectivity index is 2.57. The molecule has 0 aliphatic rings. The Bertz CT molecular complexity index is 546. The van der Waals surface area contributed by atoms with Crippen LogP contribution in [0.1, 0.15) is 11.3 Å². The van der Waals surface area contributed by atoms with Crippen molar-refractivity contribution in [3.05, 3.63) is 35.5 Å². The summed E-state index contributed by atoms with van der Waals surface area (Å²) in [6.07, 6.45) is 0.800. The highest BCUT2D eigenvalue weighted by Crippen LogP contribution is 2.32. The molecule has 2 aromatic rings. The van der Waals surface area contributed by atoms with E-state index in [-0.39, 0.29) is 0 Å². The summed E-state index contributed by atoms with van der Waals surface area (Å²) in [5, 5.41) is 4.53. The Hall–Kier alpha value is -1.81. The first-order valence-electron chi connectivity index (χ1n) is 6.05. The molecule has 4 nitrogen and oxygen atoms in total. The quantitative estimate of drug-likeness (QED) is 0.895. The topological polar surface area (TPSA) is 53.1 Å². The minimum atomic E-state index is 0.614. The summed E-state index contributed by atoms with van der Waals surface area (Å²) in [5.41, 5.74) is 10.00. The molecular formula is C14H19N3O. The number of aromatic nitrogens is 2. The maximum Gasteiger partial charge on any atom is 0.128 e. The lowest BCUT2D eigenvalue weighted by Gasteiger charge is -2.09. The number of hydrogen-bond acceptors (Lipinski definition) is 3. The van der Waals surface area contributed by atoms with Crippen LogP contribution in [0.5, 0.6) is 5.75 Å². The molecule has 0 spiro atoms. The fourth-order valence-electron chi connectivity index (χ4n) is 2.28. The summed E-state index contributed by atoms with van der Waals surface area (Å²) >= 11 is 0. The Morgan fingerprint density at radius 1 is 1.33 bits per heavy atom. The maximum absolute atomic E-state index is 5.61. The number of ether oxygens (including phenoxy) is 1. The SMILES string of the molecule is COc1ccccc1-c1c(C)c(CCN)nn1C. The van der Waals surface area contributed by atoms with E-state index in [1.54, 1.807) is 7.11 Å². The molecule has 18 heavy (non-hydrogen) atoms. The first-order chi connectivity index (χ1) is 8.69. The summed E-state index contributed by atoms with van der Waals surface area (Å²) in [4.78, 5) is 0. The zero-order chi connectivity index (χ0) is 13.1. The highest BCUT2D eigenvalue weighted by atomic mass is 16.5. The van der Waals surface area contributed by atoms with Gasteiger partial charge < -0.3 is 10.5 Å². The van der Waals surface area contributed by atoms with Crippen molar-refractivity contribution in [1.29, 1.82) is 0 Å². The number of aryl methyl sites for hydroxylation is 1. The van der Waals surface area contributed by atoms with Crippen LogP contribution in [0.4, 0.5) is 0 Å². The van der Waals surface area contributed by atoms with E-state index in [1.165, 1.54) is 5.56 Å². The van der Waals surface area contributed by atoms with Gasteiger partial charge in [-0.25, -0.2) is 0 Å². The van der Waals surface area contributed by atoms with Crippen LogP contribution < -0.4 is 10.5 Å². The molecule has 0 saturated heterocycles. The summed E-state index contributed by atoms with van der Waals surface area (Å²) < 4.78 is 7.31. The predicted molar refractivity (Wildman–Crippen MR) is 72.7 cm³/mol. The average molecular weight is 245 g/mol. The number of nitrogens with zero attached hydrogens (tertiary/aromatic N) is 2. The summed E-state index contributed by atoms with van der Waals surface area (Å²) in [5.74, 6) is 0.864. The van der Waals surface area contributed by atoms with E-state index in [4.69, 9.17) is 10.5 Å². The third-order valence-electron chi connectivity index (χ3n) is 3.13. The van der Waals surface area contributed by atoms with Gasteiger partial charge in [-0.15, -0.1) is 0 Å². The van der Waals surface area contributed by atoms with Crippen molar-refractivity contribution >= 4 is 0 Å². The van der Waals surface area contributed by atoms with Gasteiger partial charge in [0.15, 0.2) is 0 Å². The minimum Gasteiger partial charge on any atom is -0.496 e. The Labute approximate surface area is 107 Å². The van der Waals surface area contributed by atoms with E-state index < -0.39 is 0 Å². The van der Waals surface area contributed by atoms with E-state index in [0.717, 1.165) is 29.1 Å². The Morgan fingerprint density at radius 2 is 2.06 bits per heavy atom. The van der Waals surface area contributed by atoms with E-state index >= 15 is 0 Å². The molecule has 2 N–H and O–H groups in total. The van der Waals surface area contributed by atoms with Crippen LogP contribution in [-0.2, 0) is 13.5 Å². The van der Waals surface area contributed by atoms with Crippen molar-refractivity contribution in [2.24, 2.45) is 12.8 Å². The third-order valence-corrected chi connectivity index (χ3v) is 3.13. The Kier molecular flexibility index (Phi) is 3.67. The lowest BCUT2D eigenvalue weighted by atomic mass is 10.0. The first-order valence-corrected chi connectivity index (χ1v) is 6.05. The smallest absolute Gasteiger partial charge is 0.128 e. The second-order valence-electron chi connectivity index (χ2n) is 4.28. The average Bonchev–Trinajstić information content (AvgIpc) is 2.65. The molecule has 1 heterocycles. The van der Waals surface area contributed by atoms with Crippen LogP contribution >= 0.6 is 0 Å². The van der Waals surface area contributed by atoms with Gasteiger partial charge in [-0.05, 0) is 31.2 Å². The zero-order valence-corrected chi connectivity index (χ0v) is 11.1. The van der Waals surface area contributed by atoms with Crippen molar-refractivity contribution in [2.75, 3.05) is 13.7 Å². The highest BCUT2D eigenvalue weighted by Gasteiger charge is 2.16. The molecule has 0 saturated carbocycles. The number of para-hydroxylation sites is 1. The maximum atomic E-state index is 5.61. The molecule has 0 atom stereocenters. The zero-order valence-electron chi connectivity index (χ0n) is 11.1. The normalized spacial score (nSPS) is 10.7. The van der Waals surface area contributed by atoms with E-state index in [1.807, 2.05) is 29.9 Å². The molecular weight excluding hydrogens is 226 g/mol. The third kappa shape index (κ3) is 2.11. The second kappa shape index (κ2) is 5.23. The van der Waals surface area contributed by atoms with Gasteiger partial charge in [0, 0.05) is 19.0 Å². The fourth-order valence-corrected chi connectivity index (χ4v) is 2.28. The van der Waals surface area contributed by atoms with Crippen molar-refractivity contribution in [3.8, 4) is 17.0 Å². The molecule has 0 aliphatic heterocycles. The lowest BCUT2D eigenvalue weighted by molar-refractivity contribution is 0.416. The number of benzene rings is 1. The largest absolute Gasteiger partial charge is 0.496 e. The molecule has 0 bridgehead atoms. The molecule has 1 aromatic heterocycles. The highest BCUT2D eigenvalue weighted by molar-refractivity contribution is 5.70. The van der Waals surface area contributed by atoms with Crippen LogP contribution in [0, 0.1) is 6.92 Å². The van der Waals surface area contributed by atoms with Crippen LogP contribution in [0.2, 0.25) is 0 Å². The van der Waals surface area contributed by atoms with Gasteiger partial charge >= 0.3 is 0 Å². The first kappa shape index (κ1) is 12.6. The molecule has 2 rings (SSSR count). The Morgan fingerprint density at radius 3 is 2.72 bits per heavy atom. The molecule has 4 heteroatoms. The van der Waals surface area contributed by atoms with Crippen molar-refractivity contribution in [3.63, 3.8) is 0 Å². The number of nitrogens with two attached hydrogens (primary N) is 1. The summed E-state index contributed by atoms with van der Waals surface area (Å²) in [6.45, 7) is 2.70. The predicted octanol–water partition coefficient (Wildman–Crippen LogP) is 1.91. The van der Waals surface area contributed by atoms with Crippen molar-refractivity contribution in [1.82, 2.24) is 9.78 Å². The minimum absolute atomic E-state index is 0.614. The number of hydrogen-bond donors (Lipinski definition) is 1. The van der Waals surface area contributed by atoms with Crippen LogP contribution in [0.3, 0.4) is 0 Å². The van der Waals surface area contributed by atoms with Gasteiger partial charge in [0.1, 0.15) is 5.75 Å². The van der Waals surface area contributed by atoms with E-state index in [0.29, 0.717) is 6.54 Å². The van der Waals surface area contributed by atoms with Gasteiger partial charge in [-0.3, -0.25) is 4.68 Å². The number of methoxy groups -OCH3 is 1. The van der Waals surface area contributed by atoms with Gasteiger partial charge in [0.05, 0.1) is 18.5 Å². The van der Waals surface area contributed by atoms with E-state index in [2.05, 4.69) is 18.1 Å². The van der Waals surface area contributed by atoms with E-state index in [9.17, 15) is 0 Å². The molecule has 0 radical (unpaired) electrons. The van der Waals surface area contributed by atoms with Crippen LogP contribution in [0.15, 0.2) is 24.3 Å². The molecule has 0 amide bonds. The van der Waals surface area contributed by atoms with Crippen molar-refractivity contribution < 1.29 is 4.74 Å². The standard InChI is InChI=1S/C14H19N3O/c1-10-12(8-9-15)16-17(2)14(10)11-6-4-5-7-13(11)18-3/h4-7H,8-9,15H2,1-3H3. The van der Waals surface area contributed by atoms with Crippen LogP contribution in [0.25, 0.3) is 11.3 Å². The summed E-state index contributed by atoms with van der Waals surface area (Å²) in [7, 11) is 3.64.